The van der Waals surface area contributed by atoms with Crippen molar-refractivity contribution < 1.29 is 9.47 Å². The first kappa shape index (κ1) is 14.2. The van der Waals surface area contributed by atoms with Crippen LogP contribution in [0.25, 0.3) is 0 Å². The third kappa shape index (κ3) is 3.61. The molecule has 1 aromatic carbocycles. The van der Waals surface area contributed by atoms with Crippen molar-refractivity contribution in [3.05, 3.63) is 23.8 Å². The van der Waals surface area contributed by atoms with Crippen molar-refractivity contribution in [1.82, 2.24) is 4.90 Å². The van der Waals surface area contributed by atoms with Crippen LogP contribution in [0.1, 0.15) is 31.4 Å². The lowest BCUT2D eigenvalue weighted by Crippen LogP contribution is -2.38. The van der Waals surface area contributed by atoms with Crippen molar-refractivity contribution in [2.45, 2.75) is 31.9 Å². The molecular weight excluding hydrogens is 240 g/mol. The summed E-state index contributed by atoms with van der Waals surface area (Å²) >= 11 is 0. The van der Waals surface area contributed by atoms with Crippen LogP contribution < -0.4 is 15.2 Å². The number of likely N-dealkylation sites (N-methyl/N-ethyl adjacent to an activating group) is 1. The molecule has 0 bridgehead atoms. The molecule has 1 fully saturated rings. The second-order valence-corrected chi connectivity index (χ2v) is 5.34. The number of rotatable bonds is 4. The van der Waals surface area contributed by atoms with Crippen LogP contribution >= 0.6 is 0 Å². The van der Waals surface area contributed by atoms with E-state index in [-0.39, 0.29) is 12.1 Å². The van der Waals surface area contributed by atoms with Crippen LogP contribution in [0.2, 0.25) is 0 Å². The Hall–Kier alpha value is -1.26. The quantitative estimate of drug-likeness (QED) is 0.905. The largest absolute Gasteiger partial charge is 0.493 e. The van der Waals surface area contributed by atoms with E-state index in [1.54, 1.807) is 7.11 Å². The van der Waals surface area contributed by atoms with Crippen LogP contribution in [0.15, 0.2) is 18.2 Å². The Balaban J connectivity index is 2.11. The molecule has 0 aromatic heterocycles. The van der Waals surface area contributed by atoms with Gasteiger partial charge >= 0.3 is 0 Å². The Kier molecular flexibility index (Phi) is 4.66. The van der Waals surface area contributed by atoms with E-state index in [4.69, 9.17) is 15.2 Å². The molecule has 1 saturated heterocycles. The van der Waals surface area contributed by atoms with Crippen molar-refractivity contribution >= 4 is 0 Å². The highest BCUT2D eigenvalue weighted by Gasteiger charge is 2.20. The minimum atomic E-state index is 0.00349. The lowest BCUT2D eigenvalue weighted by molar-refractivity contribution is 0.101. The van der Waals surface area contributed by atoms with Crippen molar-refractivity contribution in [1.29, 1.82) is 0 Å². The van der Waals surface area contributed by atoms with E-state index < -0.39 is 0 Å². The lowest BCUT2D eigenvalue weighted by Gasteiger charge is -2.30. The van der Waals surface area contributed by atoms with Crippen LogP contribution in [0.3, 0.4) is 0 Å². The normalized spacial score (nSPS) is 22.0. The highest BCUT2D eigenvalue weighted by Crippen LogP contribution is 2.31. The van der Waals surface area contributed by atoms with Crippen LogP contribution in [-0.2, 0) is 0 Å². The summed E-state index contributed by atoms with van der Waals surface area (Å²) in [5.41, 5.74) is 6.95. The Morgan fingerprint density at radius 2 is 2.16 bits per heavy atom. The molecular formula is C15H24N2O2. The van der Waals surface area contributed by atoms with E-state index in [2.05, 4.69) is 11.9 Å². The van der Waals surface area contributed by atoms with Gasteiger partial charge in [0.05, 0.1) is 7.11 Å². The summed E-state index contributed by atoms with van der Waals surface area (Å²) in [5, 5.41) is 0. The Labute approximate surface area is 115 Å². The van der Waals surface area contributed by atoms with Gasteiger partial charge in [-0.3, -0.25) is 0 Å². The average molecular weight is 264 g/mol. The van der Waals surface area contributed by atoms with E-state index in [0.717, 1.165) is 36.6 Å². The molecule has 106 valence electrons. The van der Waals surface area contributed by atoms with Crippen molar-refractivity contribution in [2.75, 3.05) is 27.2 Å². The maximum atomic E-state index is 6.07. The fraction of sp³-hybridized carbons (Fsp3) is 0.600. The van der Waals surface area contributed by atoms with Gasteiger partial charge in [-0.1, -0.05) is 6.07 Å². The molecule has 0 saturated carbocycles. The highest BCUT2D eigenvalue weighted by molar-refractivity contribution is 5.43. The number of hydrogen-bond donors (Lipinski definition) is 1. The fourth-order valence-corrected chi connectivity index (χ4v) is 2.46. The molecule has 1 aliphatic rings. The summed E-state index contributed by atoms with van der Waals surface area (Å²) in [7, 11) is 3.80. The third-order valence-corrected chi connectivity index (χ3v) is 3.59. The van der Waals surface area contributed by atoms with E-state index in [1.807, 2.05) is 25.1 Å². The van der Waals surface area contributed by atoms with Gasteiger partial charge in [0.2, 0.25) is 0 Å². The predicted molar refractivity (Wildman–Crippen MR) is 76.7 cm³/mol. The first-order valence-electron chi connectivity index (χ1n) is 6.89. The Bertz CT molecular complexity index is 421. The van der Waals surface area contributed by atoms with E-state index in [9.17, 15) is 0 Å². The first-order chi connectivity index (χ1) is 9.10. The number of likely N-dealkylation sites (tertiary alicyclic amines) is 1. The van der Waals surface area contributed by atoms with E-state index in [0.29, 0.717) is 0 Å². The van der Waals surface area contributed by atoms with Crippen LogP contribution in [0.5, 0.6) is 11.5 Å². The number of benzene rings is 1. The summed E-state index contributed by atoms with van der Waals surface area (Å²) in [5.74, 6) is 1.58. The van der Waals surface area contributed by atoms with E-state index >= 15 is 0 Å². The molecule has 1 aliphatic heterocycles. The zero-order chi connectivity index (χ0) is 13.8. The maximum Gasteiger partial charge on any atom is 0.161 e. The van der Waals surface area contributed by atoms with Gasteiger partial charge in [-0.2, -0.15) is 0 Å². The molecule has 2 rings (SSSR count). The maximum absolute atomic E-state index is 6.07. The Morgan fingerprint density at radius 3 is 2.79 bits per heavy atom. The Morgan fingerprint density at radius 1 is 1.37 bits per heavy atom. The second kappa shape index (κ2) is 6.26. The molecule has 2 atom stereocenters. The van der Waals surface area contributed by atoms with Gasteiger partial charge < -0.3 is 20.1 Å². The zero-order valence-electron chi connectivity index (χ0n) is 12.1. The smallest absolute Gasteiger partial charge is 0.161 e. The lowest BCUT2D eigenvalue weighted by atomic mass is 10.1. The minimum absolute atomic E-state index is 0.00349. The number of nitrogens with zero attached hydrogens (tertiary/aromatic N) is 1. The molecule has 0 spiro atoms. The topological polar surface area (TPSA) is 47.7 Å². The van der Waals surface area contributed by atoms with Crippen molar-refractivity contribution in [2.24, 2.45) is 5.73 Å². The van der Waals surface area contributed by atoms with Crippen LogP contribution in [0.4, 0.5) is 0 Å². The molecule has 1 aromatic rings. The molecule has 19 heavy (non-hydrogen) atoms. The van der Waals surface area contributed by atoms with Gasteiger partial charge in [0.25, 0.3) is 0 Å². The van der Waals surface area contributed by atoms with Gasteiger partial charge in [-0.05, 0) is 51.1 Å². The summed E-state index contributed by atoms with van der Waals surface area (Å²) in [4.78, 5) is 2.30. The number of piperidine rings is 1. The van der Waals surface area contributed by atoms with E-state index in [1.165, 1.54) is 6.42 Å². The molecule has 2 N–H and O–H groups in total. The molecule has 4 nitrogen and oxygen atoms in total. The number of nitrogens with two attached hydrogens (primary N) is 1. The van der Waals surface area contributed by atoms with Gasteiger partial charge in [0, 0.05) is 12.6 Å². The number of ether oxygens (including phenoxy) is 2. The fourth-order valence-electron chi connectivity index (χ4n) is 2.46. The standard InChI is InChI=1S/C15H24N2O2/c1-11(16)12-6-7-14(15(9-12)18-3)19-13-5-4-8-17(2)10-13/h6-7,9,11,13H,4-5,8,10,16H2,1-3H3. The predicted octanol–water partition coefficient (Wildman–Crippen LogP) is 2.19. The summed E-state index contributed by atoms with van der Waals surface area (Å²) in [6, 6.07) is 5.94. The monoisotopic (exact) mass is 264 g/mol. The van der Waals surface area contributed by atoms with Gasteiger partial charge in [0.1, 0.15) is 6.10 Å². The average Bonchev–Trinajstić information content (AvgIpc) is 2.39. The number of methoxy groups -OCH3 is 1. The summed E-state index contributed by atoms with van der Waals surface area (Å²) in [6.07, 6.45) is 2.53. The zero-order valence-corrected chi connectivity index (χ0v) is 12.1. The number of hydrogen-bond acceptors (Lipinski definition) is 4. The molecule has 0 aliphatic carbocycles. The molecule has 0 amide bonds. The molecule has 4 heteroatoms. The SMILES string of the molecule is COc1cc(C(C)N)ccc1OC1CCCN(C)C1. The van der Waals surface area contributed by atoms with Crippen LogP contribution in [-0.4, -0.2) is 38.3 Å². The first-order valence-corrected chi connectivity index (χ1v) is 6.89. The third-order valence-electron chi connectivity index (χ3n) is 3.59. The van der Waals surface area contributed by atoms with Crippen molar-refractivity contribution in [3.8, 4) is 11.5 Å². The second-order valence-electron chi connectivity index (χ2n) is 5.34. The summed E-state index contributed by atoms with van der Waals surface area (Å²) < 4.78 is 11.5. The highest BCUT2D eigenvalue weighted by atomic mass is 16.5. The van der Waals surface area contributed by atoms with Crippen LogP contribution in [0, 0.1) is 0 Å². The summed E-state index contributed by atoms with van der Waals surface area (Å²) in [6.45, 7) is 4.09. The van der Waals surface area contributed by atoms with Gasteiger partial charge in [0.15, 0.2) is 11.5 Å². The molecule has 1 heterocycles. The minimum Gasteiger partial charge on any atom is -0.493 e. The van der Waals surface area contributed by atoms with Crippen molar-refractivity contribution in [3.63, 3.8) is 0 Å². The van der Waals surface area contributed by atoms with Gasteiger partial charge in [-0.25, -0.2) is 0 Å². The molecule has 0 radical (unpaired) electrons. The van der Waals surface area contributed by atoms with Gasteiger partial charge in [-0.15, -0.1) is 0 Å². The molecule has 2 unspecified atom stereocenters.